The lowest BCUT2D eigenvalue weighted by atomic mass is 10.1. The zero-order chi connectivity index (χ0) is 71.0. The Balaban J connectivity index is 1.09. The Labute approximate surface area is 578 Å². The van der Waals surface area contributed by atoms with Gasteiger partial charge in [-0.15, -0.1) is 20.5 Å². The first-order valence-electron chi connectivity index (χ1n) is 31.3. The number of nitrogens with one attached hydrogen (secondary N) is 4. The van der Waals surface area contributed by atoms with Crippen molar-refractivity contribution >= 4 is 164 Å². The van der Waals surface area contributed by atoms with Crippen molar-refractivity contribution < 1.29 is 64.8 Å². The first kappa shape index (κ1) is 73.6. The van der Waals surface area contributed by atoms with E-state index in [1.807, 2.05) is 61.8 Å². The van der Waals surface area contributed by atoms with Crippen LogP contribution in [-0.2, 0) is 48.9 Å². The number of hydrogen-bond acceptors (Lipinski definition) is 30. The number of azo groups is 2. The van der Waals surface area contributed by atoms with E-state index in [1.165, 1.54) is 50.3 Å². The molecule has 2 fully saturated rings. The Morgan fingerprint density at radius 2 is 0.939 bits per heavy atom. The summed E-state index contributed by atoms with van der Waals surface area (Å²) < 4.78 is 78.1. The van der Waals surface area contributed by atoms with E-state index in [0.717, 1.165) is 58.3 Å². The second-order valence-electron chi connectivity index (χ2n) is 21.8. The van der Waals surface area contributed by atoms with E-state index in [2.05, 4.69) is 41.3 Å². The Hall–Kier alpha value is -9.63. The van der Waals surface area contributed by atoms with Gasteiger partial charge in [-0.3, -0.25) is 28.3 Å². The van der Waals surface area contributed by atoms with Gasteiger partial charge in [-0.1, -0.05) is 34.8 Å². The van der Waals surface area contributed by atoms with Gasteiger partial charge in [0.15, 0.2) is 11.6 Å². The number of Topliss-reactive ketones (excluding diaryl/α,β-unsaturated/α-hetero) is 2. The highest BCUT2D eigenvalue weighted by Gasteiger charge is 2.27. The standard InChI is InChI=1S/C63H74N18O14S4/c1-7-77(8-2)43-17-19-49(73-75-62-68-55(79-23-29-94-30-24-79)53(96-62)37-47(39(5)84)57(86)64-41-13-11-15-45(33-41)98(88,89)90)51(35-43)66-59-70-60(72-61(71-59)81(21-27-82)22-28-83)67-52-36-44(78(9-3)10-4)18-20-50(52)74-76-63-69-56(80-25-31-95-32-26-80)54(97-63)38-48(40(6)85)58(87)65-42-14-12-16-46(34-42)99(91,92)93/h11-20,33-38,82-83H,7-10,21-32H2,1-6H3,(H,64,86)(H,65,87)(H,88,89,90)(H,91,92,93)(H2,66,67,70,71,72)/b47-37-,48-38+,75-73?,76-74?. The van der Waals surface area contributed by atoms with Crippen LogP contribution in [0.15, 0.2) is 126 Å². The molecule has 0 aliphatic carbocycles. The fourth-order valence-corrected chi connectivity index (χ4v) is 13.0. The predicted octanol–water partition coefficient (Wildman–Crippen LogP) is 8.97. The van der Waals surface area contributed by atoms with E-state index in [9.17, 15) is 55.3 Å². The number of anilines is 11. The van der Waals surface area contributed by atoms with Gasteiger partial charge >= 0.3 is 0 Å². The Kier molecular flexibility index (Phi) is 25.1. The van der Waals surface area contributed by atoms with Gasteiger partial charge in [0.05, 0.1) is 81.7 Å². The van der Waals surface area contributed by atoms with Crippen LogP contribution in [0.1, 0.15) is 51.3 Å². The molecule has 7 aromatic rings. The number of ether oxygens (including phenoxy) is 2. The number of rotatable bonds is 31. The van der Waals surface area contributed by atoms with Gasteiger partial charge in [-0.2, -0.15) is 41.8 Å². The van der Waals surface area contributed by atoms with Crippen LogP contribution in [0.5, 0.6) is 0 Å². The van der Waals surface area contributed by atoms with E-state index in [0.29, 0.717) is 112 Å². The number of amides is 2. The molecule has 5 heterocycles. The van der Waals surface area contributed by atoms with Crippen molar-refractivity contribution in [2.45, 2.75) is 51.3 Å². The molecule has 0 spiro atoms. The van der Waals surface area contributed by atoms with Crippen LogP contribution in [0.2, 0.25) is 0 Å². The highest BCUT2D eigenvalue weighted by molar-refractivity contribution is 7.86. The molecule has 0 atom stereocenters. The average molecular weight is 1440 g/mol. The van der Waals surface area contributed by atoms with Gasteiger partial charge in [0.1, 0.15) is 23.0 Å². The Morgan fingerprint density at radius 1 is 0.545 bits per heavy atom. The van der Waals surface area contributed by atoms with Gasteiger partial charge in [0, 0.05) is 88.2 Å². The third kappa shape index (κ3) is 19.4. The van der Waals surface area contributed by atoms with Crippen LogP contribution in [-0.4, -0.2) is 190 Å². The minimum atomic E-state index is -4.61. The van der Waals surface area contributed by atoms with Crippen molar-refractivity contribution in [1.29, 1.82) is 0 Å². The summed E-state index contributed by atoms with van der Waals surface area (Å²) in [5.41, 5.74) is 2.36. The number of aliphatic hydroxyl groups excluding tert-OH is 2. The molecule has 0 unspecified atom stereocenters. The molecule has 2 saturated heterocycles. The maximum absolute atomic E-state index is 13.8. The minimum absolute atomic E-state index is 0.0107. The van der Waals surface area contributed by atoms with Crippen molar-refractivity contribution in [3.05, 3.63) is 106 Å². The van der Waals surface area contributed by atoms with Crippen LogP contribution in [0, 0.1) is 0 Å². The molecule has 2 amide bonds. The molecule has 0 saturated carbocycles. The van der Waals surface area contributed by atoms with Crippen LogP contribution in [0.4, 0.5) is 85.2 Å². The third-order valence-corrected chi connectivity index (χ3v) is 18.7. The molecule has 3 aromatic heterocycles. The number of benzene rings is 4. The number of carbonyl (C=O) groups is 4. The zero-order valence-corrected chi connectivity index (χ0v) is 58.1. The van der Waals surface area contributed by atoms with Crippen LogP contribution >= 0.6 is 22.7 Å². The van der Waals surface area contributed by atoms with Crippen LogP contribution in [0.3, 0.4) is 0 Å². The van der Waals surface area contributed by atoms with Gasteiger partial charge in [0.25, 0.3) is 32.1 Å². The minimum Gasteiger partial charge on any atom is -0.395 e. The molecule has 9 rings (SSSR count). The predicted molar refractivity (Wildman–Crippen MR) is 379 cm³/mol. The number of hydrogen-bond donors (Lipinski definition) is 8. The fourth-order valence-electron chi connectivity index (χ4n) is 10.3. The van der Waals surface area contributed by atoms with Crippen molar-refractivity contribution in [2.75, 3.05) is 151 Å². The summed E-state index contributed by atoms with van der Waals surface area (Å²) in [4.78, 5) is 87.6. The number of carbonyl (C=O) groups excluding carboxylic acids is 4. The first-order chi connectivity index (χ1) is 47.5. The van der Waals surface area contributed by atoms with E-state index in [-0.39, 0.29) is 88.3 Å². The maximum atomic E-state index is 13.8. The number of nitrogens with zero attached hydrogens (tertiary/aromatic N) is 14. The summed E-state index contributed by atoms with van der Waals surface area (Å²) in [7, 11) is -9.22. The summed E-state index contributed by atoms with van der Waals surface area (Å²) in [6, 6.07) is 20.8. The monoisotopic (exact) mass is 1430 g/mol. The number of aromatic nitrogens is 5. The lowest BCUT2D eigenvalue weighted by Gasteiger charge is -2.27. The van der Waals surface area contributed by atoms with E-state index in [1.54, 1.807) is 17.0 Å². The largest absolute Gasteiger partial charge is 0.395 e. The number of morpholine rings is 2. The van der Waals surface area contributed by atoms with Gasteiger partial charge in [0.2, 0.25) is 28.1 Å². The molecule has 32 nitrogen and oxygen atoms in total. The van der Waals surface area contributed by atoms with Crippen LogP contribution in [0.25, 0.3) is 12.2 Å². The van der Waals surface area contributed by atoms with E-state index < -0.39 is 53.4 Å². The lowest BCUT2D eigenvalue weighted by molar-refractivity contribution is -0.120. The average Bonchev–Trinajstić information content (AvgIpc) is 1.68. The van der Waals surface area contributed by atoms with Crippen molar-refractivity contribution in [3.8, 4) is 0 Å². The molecule has 4 aromatic carbocycles. The second-order valence-corrected chi connectivity index (χ2v) is 26.7. The van der Waals surface area contributed by atoms with Crippen molar-refractivity contribution in [3.63, 3.8) is 0 Å². The third-order valence-electron chi connectivity index (χ3n) is 15.3. The highest BCUT2D eigenvalue weighted by atomic mass is 32.2. The topological polar surface area (TPSA) is 414 Å². The number of thiazole rings is 2. The summed E-state index contributed by atoms with van der Waals surface area (Å²) in [6.45, 7) is 15.5. The van der Waals surface area contributed by atoms with E-state index in [4.69, 9.17) is 44.6 Å². The summed E-state index contributed by atoms with van der Waals surface area (Å²) in [5.74, 6) is -2.10. The van der Waals surface area contributed by atoms with Crippen LogP contribution < -0.4 is 45.8 Å². The molecule has 2 aliphatic rings. The van der Waals surface area contributed by atoms with Gasteiger partial charge < -0.3 is 65.5 Å². The zero-order valence-electron chi connectivity index (χ0n) is 54.8. The second kappa shape index (κ2) is 33.8. The summed E-state index contributed by atoms with van der Waals surface area (Å²) in [6.07, 6.45) is 2.76. The molecule has 2 aliphatic heterocycles. The van der Waals surface area contributed by atoms with Gasteiger partial charge in [-0.25, -0.2) is 0 Å². The fraction of sp³-hybridized carbons (Fsp3) is 0.349. The van der Waals surface area contributed by atoms with E-state index >= 15 is 0 Å². The van der Waals surface area contributed by atoms with Crippen molar-refractivity contribution in [1.82, 2.24) is 24.9 Å². The molecule has 36 heteroatoms. The molecule has 0 radical (unpaired) electrons. The molecular formula is C63H74N18O14S4. The molecule has 99 heavy (non-hydrogen) atoms. The molecule has 8 N–H and O–H groups in total. The quantitative estimate of drug-likeness (QED) is 0.00660. The number of ketones is 2. The normalized spacial score (nSPS) is 14.0. The molecule has 524 valence electrons. The Morgan fingerprint density at radius 3 is 1.29 bits per heavy atom. The Bertz CT molecular complexity index is 4180. The van der Waals surface area contributed by atoms with Crippen molar-refractivity contribution in [2.24, 2.45) is 20.5 Å². The first-order valence-corrected chi connectivity index (χ1v) is 35.8. The summed E-state index contributed by atoms with van der Waals surface area (Å²) >= 11 is 2.10. The molecule has 0 bridgehead atoms. The maximum Gasteiger partial charge on any atom is 0.294 e. The lowest BCUT2D eigenvalue weighted by Crippen LogP contribution is -2.36. The summed E-state index contributed by atoms with van der Waals surface area (Å²) in [5, 5.41) is 51.2. The smallest absolute Gasteiger partial charge is 0.294 e. The SMILES string of the molecule is CCN(CC)c1ccc(N=Nc2nc(N3CCOCC3)c(/C=C(/C(C)=O)C(=O)Nc3cccc(S(=O)(=O)O)c3)s2)c(Nc2nc(Nc3cc(N(CC)CC)ccc3N=Nc3nc(N4CCOCC4)c(/C=C(\C(C)=O)C(=O)Nc4cccc(S(=O)(=O)O)c4)s3)nc(N(CCO)CCO)n2)c1. The highest BCUT2D eigenvalue weighted by Crippen LogP contribution is 2.41. The molecular weight excluding hydrogens is 1360 g/mol. The van der Waals surface area contributed by atoms with Gasteiger partial charge in [-0.05, 0) is 126 Å². The number of aliphatic hydroxyl groups is 2.